The van der Waals surface area contributed by atoms with E-state index in [2.05, 4.69) is 30.1 Å². The molecule has 2 rings (SSSR count). The monoisotopic (exact) mass is 578 g/mol. The third-order valence-electron chi connectivity index (χ3n) is 6.92. The first-order chi connectivity index (χ1) is 18.7. The zero-order valence-electron chi connectivity index (χ0n) is 25.3. The van der Waals surface area contributed by atoms with Gasteiger partial charge in [-0.05, 0) is 106 Å². The molecule has 0 spiro atoms. The Balaban J connectivity index is 2.32. The van der Waals surface area contributed by atoms with Gasteiger partial charge in [0, 0.05) is 6.61 Å². The fourth-order valence-electron chi connectivity index (χ4n) is 4.51. The third-order valence-corrected chi connectivity index (χ3v) is 9.05. The maximum Gasteiger partial charge on any atom is 0.323 e. The Hall–Kier alpha value is -2.42. The molecule has 0 bridgehead atoms. The summed E-state index contributed by atoms with van der Waals surface area (Å²) >= 11 is 0. The van der Waals surface area contributed by atoms with Crippen molar-refractivity contribution in [2.45, 2.75) is 93.0 Å². The minimum atomic E-state index is -3.58. The molecule has 40 heavy (non-hydrogen) atoms. The van der Waals surface area contributed by atoms with E-state index in [1.54, 1.807) is 33.8 Å². The van der Waals surface area contributed by atoms with E-state index < -0.39 is 31.8 Å². The Morgan fingerprint density at radius 3 is 2.27 bits per heavy atom. The lowest BCUT2D eigenvalue weighted by molar-refractivity contribution is -0.144. The summed E-state index contributed by atoms with van der Waals surface area (Å²) in [6.45, 7) is 17.3. The van der Waals surface area contributed by atoms with Crippen molar-refractivity contribution in [2.24, 2.45) is 0 Å². The van der Waals surface area contributed by atoms with Gasteiger partial charge in [0.05, 0.1) is 12.6 Å². The molecule has 0 heterocycles. The number of phenolic OH excluding ortho intramolecular Hbond substituents is 1. The topological polar surface area (TPSA) is 126 Å². The van der Waals surface area contributed by atoms with Crippen LogP contribution in [0, 0.1) is 20.8 Å². The summed E-state index contributed by atoms with van der Waals surface area (Å²) in [6, 6.07) is 6.09. The summed E-state index contributed by atoms with van der Waals surface area (Å²) in [4.78, 5) is 12.3. The number of aryl methyl sites for hydroxylation is 1. The van der Waals surface area contributed by atoms with Crippen LogP contribution in [-0.4, -0.2) is 54.1 Å². The Labute approximate surface area is 239 Å². The molecular formula is C30H47N2O7P. The van der Waals surface area contributed by atoms with E-state index in [0.29, 0.717) is 17.9 Å². The molecule has 4 N–H and O–H groups in total. The van der Waals surface area contributed by atoms with Crippen molar-refractivity contribution in [1.82, 2.24) is 10.2 Å². The number of aliphatic hydroxyl groups is 1. The van der Waals surface area contributed by atoms with Gasteiger partial charge in [-0.15, -0.1) is 0 Å². The Kier molecular flexibility index (Phi) is 12.7. The highest BCUT2D eigenvalue weighted by atomic mass is 31.2. The van der Waals surface area contributed by atoms with E-state index in [4.69, 9.17) is 14.2 Å². The first-order valence-electron chi connectivity index (χ1n) is 13.9. The molecule has 0 amide bonds. The summed E-state index contributed by atoms with van der Waals surface area (Å²) < 4.78 is 30.4. The third kappa shape index (κ3) is 9.05. The van der Waals surface area contributed by atoms with Crippen LogP contribution < -0.4 is 14.9 Å². The Bertz CT molecular complexity index is 1200. The number of ether oxygens (including phenoxy) is 3. The smallest absolute Gasteiger partial charge is 0.323 e. The summed E-state index contributed by atoms with van der Waals surface area (Å²) in [6.07, 6.45) is -0.765. The molecule has 0 aliphatic heterocycles. The highest BCUT2D eigenvalue weighted by molar-refractivity contribution is 7.59. The van der Waals surface area contributed by atoms with Crippen LogP contribution in [0.15, 0.2) is 24.3 Å². The van der Waals surface area contributed by atoms with Gasteiger partial charge in [0.1, 0.15) is 17.5 Å². The normalized spacial score (nSPS) is 15.4. The molecule has 224 valence electrons. The fraction of sp³-hybridized carbons (Fsp3) is 0.567. The van der Waals surface area contributed by atoms with Crippen molar-refractivity contribution in [1.29, 1.82) is 0 Å². The number of rotatable bonds is 15. The van der Waals surface area contributed by atoms with Gasteiger partial charge in [-0.25, -0.2) is 10.2 Å². The van der Waals surface area contributed by atoms with Gasteiger partial charge in [-0.1, -0.05) is 26.0 Å². The summed E-state index contributed by atoms with van der Waals surface area (Å²) in [7, 11) is -3.58. The van der Waals surface area contributed by atoms with Crippen LogP contribution in [0.3, 0.4) is 0 Å². The molecule has 2 aromatic carbocycles. The average Bonchev–Trinajstić information content (AvgIpc) is 2.88. The highest BCUT2D eigenvalue weighted by Gasteiger charge is 2.32. The van der Waals surface area contributed by atoms with Gasteiger partial charge in [-0.2, -0.15) is 0 Å². The van der Waals surface area contributed by atoms with Gasteiger partial charge in [0.15, 0.2) is 12.6 Å². The second-order valence-corrected chi connectivity index (χ2v) is 12.8. The number of benzene rings is 2. The van der Waals surface area contributed by atoms with Gasteiger partial charge in [0.25, 0.3) is 0 Å². The predicted molar refractivity (Wildman–Crippen MR) is 158 cm³/mol. The highest BCUT2D eigenvalue weighted by Crippen LogP contribution is 2.40. The summed E-state index contributed by atoms with van der Waals surface area (Å²) in [5, 5.41) is 26.2. The Morgan fingerprint density at radius 2 is 1.68 bits per heavy atom. The molecule has 0 radical (unpaired) electrons. The van der Waals surface area contributed by atoms with Gasteiger partial charge < -0.3 is 24.4 Å². The maximum atomic E-state index is 14.0. The average molecular weight is 579 g/mol. The Morgan fingerprint density at radius 1 is 1.00 bits per heavy atom. The number of aromatic hydroxyl groups is 1. The fourth-order valence-corrected chi connectivity index (χ4v) is 6.58. The van der Waals surface area contributed by atoms with E-state index in [1.165, 1.54) is 0 Å². The molecule has 9 nitrogen and oxygen atoms in total. The first kappa shape index (κ1) is 33.8. The number of aliphatic hydroxyl groups excluding tert-OH is 1. The zero-order chi connectivity index (χ0) is 30.2. The number of phenols is 1. The second kappa shape index (κ2) is 15.0. The van der Waals surface area contributed by atoms with Crippen LogP contribution in [0.4, 0.5) is 0 Å². The SMILES string of the molecule is CCOC(=O)[C@H](C)NP(=O)(COc1cc(C)c(Cc2ccc(O)c(C(C)C)c2)c(C)c1C)N[C@@H](C)C(O)OCC. The summed E-state index contributed by atoms with van der Waals surface area (Å²) in [5.41, 5.74) is 6.18. The van der Waals surface area contributed by atoms with E-state index in [-0.39, 0.29) is 25.5 Å². The minimum absolute atomic E-state index is 0.200. The van der Waals surface area contributed by atoms with Crippen LogP contribution >= 0.6 is 7.44 Å². The lowest BCUT2D eigenvalue weighted by Gasteiger charge is -2.29. The molecule has 0 fully saturated rings. The maximum absolute atomic E-state index is 14.0. The molecule has 0 aromatic heterocycles. The van der Waals surface area contributed by atoms with E-state index in [9.17, 15) is 19.6 Å². The lowest BCUT2D eigenvalue weighted by Crippen LogP contribution is -2.44. The van der Waals surface area contributed by atoms with E-state index >= 15 is 0 Å². The van der Waals surface area contributed by atoms with Crippen molar-refractivity contribution in [3.63, 3.8) is 0 Å². The number of hydrogen-bond donors (Lipinski definition) is 4. The van der Waals surface area contributed by atoms with Gasteiger partial charge >= 0.3 is 5.97 Å². The molecule has 10 heteroatoms. The lowest BCUT2D eigenvalue weighted by atomic mass is 9.91. The van der Waals surface area contributed by atoms with Gasteiger partial charge in [-0.3, -0.25) is 9.36 Å². The number of esters is 1. The van der Waals surface area contributed by atoms with Crippen molar-refractivity contribution >= 4 is 13.4 Å². The number of carbonyl (C=O) groups excluding carboxylic acids is 1. The molecule has 0 saturated heterocycles. The van der Waals surface area contributed by atoms with Crippen LogP contribution in [0.25, 0.3) is 0 Å². The summed E-state index contributed by atoms with van der Waals surface area (Å²) in [5.74, 6) is 0.558. The first-order valence-corrected chi connectivity index (χ1v) is 15.8. The molecule has 4 atom stereocenters. The molecule has 2 aromatic rings. The van der Waals surface area contributed by atoms with E-state index in [1.807, 2.05) is 32.9 Å². The number of nitrogens with one attached hydrogen (secondary N) is 2. The van der Waals surface area contributed by atoms with Crippen LogP contribution in [-0.2, 0) is 25.3 Å². The van der Waals surface area contributed by atoms with Crippen molar-refractivity contribution in [3.8, 4) is 11.5 Å². The van der Waals surface area contributed by atoms with Crippen molar-refractivity contribution < 1.29 is 33.8 Å². The molecule has 0 aliphatic rings. The van der Waals surface area contributed by atoms with Gasteiger partial charge in [0.2, 0.25) is 7.44 Å². The standard InChI is InChI=1S/C30H47N2O7P/c1-10-37-29(34)22(8)31-40(36,32-23(9)30(35)38-11-2)17-39-28-14-19(5)26(20(6)21(28)7)16-24-12-13-27(33)25(15-24)18(3)4/h12-15,18,22-23,29,33-34H,10-11,16-17H2,1-9H3,(H2,31,32,36)/t22-,23-,29?,40?/m0/s1. The molecule has 2 unspecified atom stereocenters. The predicted octanol–water partition coefficient (Wildman–Crippen LogP) is 5.44. The molecular weight excluding hydrogens is 531 g/mol. The zero-order valence-corrected chi connectivity index (χ0v) is 26.2. The number of hydrogen-bond acceptors (Lipinski definition) is 7. The van der Waals surface area contributed by atoms with Crippen molar-refractivity contribution in [2.75, 3.05) is 19.6 Å². The molecule has 0 aliphatic carbocycles. The van der Waals surface area contributed by atoms with Crippen LogP contribution in [0.2, 0.25) is 0 Å². The number of carbonyl (C=O) groups is 1. The quantitative estimate of drug-likeness (QED) is 0.124. The largest absolute Gasteiger partial charge is 0.508 e. The van der Waals surface area contributed by atoms with Crippen LogP contribution in [0.1, 0.15) is 80.8 Å². The second-order valence-electron chi connectivity index (χ2n) is 10.5. The van der Waals surface area contributed by atoms with Crippen molar-refractivity contribution in [3.05, 3.63) is 57.6 Å². The molecule has 0 saturated carbocycles. The minimum Gasteiger partial charge on any atom is -0.508 e. The van der Waals surface area contributed by atoms with E-state index in [0.717, 1.165) is 33.4 Å². The van der Waals surface area contributed by atoms with Crippen LogP contribution in [0.5, 0.6) is 11.5 Å².